The normalized spacial score (nSPS) is 35.2. The number of benzene rings is 1. The molecule has 57 heavy (non-hydrogen) atoms. The predicted octanol–water partition coefficient (Wildman–Crippen LogP) is 7.44. The first-order chi connectivity index (χ1) is 26.9. The van der Waals surface area contributed by atoms with Crippen molar-refractivity contribution in [3.05, 3.63) is 48.8 Å². The van der Waals surface area contributed by atoms with Crippen LogP contribution in [-0.4, -0.2) is 94.1 Å². The molecule has 12 nitrogen and oxygen atoms in total. The van der Waals surface area contributed by atoms with Crippen molar-refractivity contribution in [2.75, 3.05) is 13.2 Å². The van der Waals surface area contributed by atoms with Crippen molar-refractivity contribution in [3.8, 4) is 16.9 Å². The summed E-state index contributed by atoms with van der Waals surface area (Å²) in [6, 6.07) is 10.8. The third-order valence-corrected chi connectivity index (χ3v) is 12.6. The van der Waals surface area contributed by atoms with Gasteiger partial charge in [0, 0.05) is 36.7 Å². The van der Waals surface area contributed by atoms with E-state index in [4.69, 9.17) is 23.7 Å². The first kappa shape index (κ1) is 44.2. The van der Waals surface area contributed by atoms with Gasteiger partial charge in [0.05, 0.1) is 24.9 Å². The fraction of sp³-hybridized carbons (Fsp3) is 0.667. The van der Waals surface area contributed by atoms with Gasteiger partial charge in [-0.1, -0.05) is 73.6 Å². The van der Waals surface area contributed by atoms with Gasteiger partial charge in [-0.05, 0) is 86.6 Å². The summed E-state index contributed by atoms with van der Waals surface area (Å²) in [5.41, 5.74) is -0.132. The first-order valence-corrected chi connectivity index (χ1v) is 20.8. The smallest absolute Gasteiger partial charge is 0.410 e. The van der Waals surface area contributed by atoms with Crippen LogP contribution in [0.3, 0.4) is 0 Å². The van der Waals surface area contributed by atoms with Crippen LogP contribution in [0.4, 0.5) is 4.79 Å². The molecule has 1 aromatic carbocycles. The lowest BCUT2D eigenvalue weighted by molar-refractivity contribution is -0.284. The van der Waals surface area contributed by atoms with E-state index in [1.165, 1.54) is 6.92 Å². The van der Waals surface area contributed by atoms with E-state index in [1.54, 1.807) is 24.2 Å². The van der Waals surface area contributed by atoms with Crippen LogP contribution in [0.15, 0.2) is 48.8 Å². The van der Waals surface area contributed by atoms with E-state index in [-0.39, 0.29) is 43.0 Å². The van der Waals surface area contributed by atoms with Crippen molar-refractivity contribution in [2.45, 2.75) is 144 Å². The molecule has 0 spiro atoms. The van der Waals surface area contributed by atoms with Crippen molar-refractivity contribution >= 4 is 23.6 Å². The molecule has 0 saturated carbocycles. The maximum Gasteiger partial charge on any atom is 0.410 e. The van der Waals surface area contributed by atoms with Gasteiger partial charge in [-0.15, -0.1) is 0 Å². The Bertz CT molecular complexity index is 1700. The van der Waals surface area contributed by atoms with Crippen molar-refractivity contribution in [2.24, 2.45) is 35.0 Å². The summed E-state index contributed by atoms with van der Waals surface area (Å²) < 4.78 is 31.2. The van der Waals surface area contributed by atoms with E-state index in [1.807, 2.05) is 91.8 Å². The van der Waals surface area contributed by atoms with E-state index in [0.717, 1.165) is 11.1 Å². The Hall–Kier alpha value is -3.87. The Kier molecular flexibility index (Phi) is 14.3. The van der Waals surface area contributed by atoms with E-state index < -0.39 is 77.4 Å². The molecule has 1 amide bonds. The number of carbonyl (C=O) groups excluding carboxylic acids is 4. The number of aliphatic hydroxyl groups excluding tert-OH is 1. The van der Waals surface area contributed by atoms with Crippen LogP contribution in [0.5, 0.6) is 5.75 Å². The average Bonchev–Trinajstić information content (AvgIpc) is 3.48. The van der Waals surface area contributed by atoms with Gasteiger partial charge in [-0.25, -0.2) is 4.79 Å². The molecule has 0 radical (unpaired) electrons. The second-order valence-corrected chi connectivity index (χ2v) is 17.4. The summed E-state index contributed by atoms with van der Waals surface area (Å²) >= 11 is 0. The molecule has 1 aromatic heterocycles. The van der Waals surface area contributed by atoms with Crippen LogP contribution in [0.25, 0.3) is 11.1 Å². The number of aromatic nitrogens is 1. The molecule has 0 bridgehead atoms. The minimum atomic E-state index is -1.35. The number of ketones is 2. The largest absolute Gasteiger partial charge is 0.494 e. The minimum absolute atomic E-state index is 0.0836. The number of amides is 1. The molecule has 4 heterocycles. The standard InChI is InChI=1S/C45H64N2O10/c1-11-35-45(12-2)39(47(43(52)57-45)21-14-22-53-34-18-16-32(17-19-34)33-15-13-20-46-25-33)29(6)36(48)27(4)24-44(9,10)40(30(7)38(50)31(8)41(51)55-35)56-42-37(49)26(3)23-28(5)54-42/h13,15-20,25-31,35,37,39-40,42,49H,11-12,14,21-24H2,1-10H3/t26-,27+,28+,29-,30-,31+,35+,37+,39+,40+,42?,45+/m0/s1. The number of cyclic esters (lactones) is 1. The number of fused-ring (bicyclic) bond motifs is 1. The zero-order chi connectivity index (χ0) is 41.8. The maximum atomic E-state index is 14.7. The summed E-state index contributed by atoms with van der Waals surface area (Å²) in [4.78, 5) is 62.6. The van der Waals surface area contributed by atoms with Gasteiger partial charge in [0.15, 0.2) is 17.7 Å². The van der Waals surface area contributed by atoms with Gasteiger partial charge < -0.3 is 33.7 Å². The molecule has 5 rings (SSSR count). The van der Waals surface area contributed by atoms with Crippen LogP contribution in [0, 0.1) is 35.0 Å². The Morgan fingerprint density at radius 1 is 0.930 bits per heavy atom. The second kappa shape index (κ2) is 18.4. The molecule has 1 unspecified atom stereocenters. The molecule has 3 fully saturated rings. The number of rotatable bonds is 10. The number of aliphatic hydroxyl groups is 1. The summed E-state index contributed by atoms with van der Waals surface area (Å²) in [7, 11) is 0. The molecule has 2 aromatic rings. The number of nitrogens with zero attached hydrogens (tertiary/aromatic N) is 2. The van der Waals surface area contributed by atoms with Gasteiger partial charge in [-0.2, -0.15) is 0 Å². The summed E-state index contributed by atoms with van der Waals surface area (Å²) in [5, 5.41) is 11.1. The van der Waals surface area contributed by atoms with Crippen LogP contribution in [0.1, 0.15) is 101 Å². The fourth-order valence-corrected chi connectivity index (χ4v) is 9.62. The second-order valence-electron chi connectivity index (χ2n) is 17.4. The van der Waals surface area contributed by atoms with E-state index in [9.17, 15) is 24.3 Å². The maximum absolute atomic E-state index is 14.7. The van der Waals surface area contributed by atoms with Crippen molar-refractivity contribution < 1.29 is 48.0 Å². The van der Waals surface area contributed by atoms with Crippen LogP contribution >= 0.6 is 0 Å². The monoisotopic (exact) mass is 792 g/mol. The highest BCUT2D eigenvalue weighted by molar-refractivity contribution is 6.00. The average molecular weight is 793 g/mol. The number of pyridine rings is 1. The zero-order valence-corrected chi connectivity index (χ0v) is 35.4. The molecular formula is C45H64N2O10. The van der Waals surface area contributed by atoms with Gasteiger partial charge in [0.25, 0.3) is 0 Å². The van der Waals surface area contributed by atoms with E-state index in [2.05, 4.69) is 4.98 Å². The minimum Gasteiger partial charge on any atom is -0.494 e. The third-order valence-electron chi connectivity index (χ3n) is 12.6. The summed E-state index contributed by atoms with van der Waals surface area (Å²) in [5.74, 6) is -3.83. The zero-order valence-electron chi connectivity index (χ0n) is 35.4. The number of Topliss-reactive ketones (excluding diaryl/α,β-unsaturated/α-hetero) is 2. The van der Waals surface area contributed by atoms with Crippen molar-refractivity contribution in [1.82, 2.24) is 9.88 Å². The SMILES string of the molecule is CC[C@H]1OC(=O)[C@H](C)C(=O)[C@H](C)[C@@H](OC2O[C@H](C)C[C@H](C)[C@H]2O)C(C)(C)C[C@@H](C)C(=O)[C@H](C)[C@H]2N(CCCOc3ccc(-c4cccnc4)cc3)C(=O)O[C@]12CC. The summed E-state index contributed by atoms with van der Waals surface area (Å²) in [6.07, 6.45) is 1.11. The first-order valence-electron chi connectivity index (χ1n) is 20.8. The molecule has 12 heteroatoms. The summed E-state index contributed by atoms with van der Waals surface area (Å²) in [6.45, 7) is 18.9. The molecule has 3 aliphatic rings. The predicted molar refractivity (Wildman–Crippen MR) is 214 cm³/mol. The molecule has 12 atom stereocenters. The topological polar surface area (TPSA) is 151 Å². The lowest BCUT2D eigenvalue weighted by Crippen LogP contribution is -2.59. The molecule has 314 valence electrons. The number of esters is 1. The highest BCUT2D eigenvalue weighted by atomic mass is 16.7. The number of carbonyl (C=O) groups is 4. The number of hydrogen-bond donors (Lipinski definition) is 1. The van der Waals surface area contributed by atoms with Gasteiger partial charge >= 0.3 is 12.1 Å². The van der Waals surface area contributed by atoms with E-state index in [0.29, 0.717) is 31.6 Å². The third kappa shape index (κ3) is 9.39. The van der Waals surface area contributed by atoms with E-state index >= 15 is 0 Å². The Labute approximate surface area is 338 Å². The number of ether oxygens (including phenoxy) is 5. The number of hydrogen-bond acceptors (Lipinski definition) is 11. The van der Waals surface area contributed by atoms with Crippen LogP contribution in [0.2, 0.25) is 0 Å². The van der Waals surface area contributed by atoms with Crippen LogP contribution in [-0.2, 0) is 33.3 Å². The van der Waals surface area contributed by atoms with Gasteiger partial charge in [-0.3, -0.25) is 19.4 Å². The highest BCUT2D eigenvalue weighted by Crippen LogP contribution is 2.45. The van der Waals surface area contributed by atoms with Gasteiger partial charge in [0.1, 0.15) is 29.7 Å². The lowest BCUT2D eigenvalue weighted by atomic mass is 9.69. The van der Waals surface area contributed by atoms with Gasteiger partial charge in [0.2, 0.25) is 0 Å². The Morgan fingerprint density at radius 3 is 2.26 bits per heavy atom. The fourth-order valence-electron chi connectivity index (χ4n) is 9.62. The quantitative estimate of drug-likeness (QED) is 0.145. The molecule has 3 saturated heterocycles. The van der Waals surface area contributed by atoms with Crippen molar-refractivity contribution in [3.63, 3.8) is 0 Å². The van der Waals surface area contributed by atoms with Crippen LogP contribution < -0.4 is 4.74 Å². The van der Waals surface area contributed by atoms with Crippen molar-refractivity contribution in [1.29, 1.82) is 0 Å². The highest BCUT2D eigenvalue weighted by Gasteiger charge is 2.61. The molecule has 3 aliphatic heterocycles. The molecular weight excluding hydrogens is 728 g/mol. The molecule has 1 N–H and O–H groups in total. The Morgan fingerprint density at radius 2 is 1.63 bits per heavy atom. The lowest BCUT2D eigenvalue weighted by Gasteiger charge is -2.46. The molecule has 0 aliphatic carbocycles. The Balaban J connectivity index is 1.42.